The predicted molar refractivity (Wildman–Crippen MR) is 139 cm³/mol. The summed E-state index contributed by atoms with van der Waals surface area (Å²) in [7, 11) is 0. The van der Waals surface area contributed by atoms with Crippen LogP contribution in [0.25, 0.3) is 0 Å². The van der Waals surface area contributed by atoms with E-state index in [1.54, 1.807) is 0 Å². The van der Waals surface area contributed by atoms with Crippen molar-refractivity contribution in [2.45, 2.75) is 17.8 Å². The van der Waals surface area contributed by atoms with Crippen molar-refractivity contribution in [3.8, 4) is 0 Å². The number of nitro benzene ring substituents is 2. The summed E-state index contributed by atoms with van der Waals surface area (Å²) in [6, 6.07) is 17.2. The normalized spacial score (nSPS) is 12.0. The first kappa shape index (κ1) is 28.9. The highest BCUT2D eigenvalue weighted by molar-refractivity contribution is 5.71. The van der Waals surface area contributed by atoms with E-state index < -0.39 is 38.7 Å². The molecule has 41 heavy (non-hydrogen) atoms. The average molecular weight is 576 g/mol. The van der Waals surface area contributed by atoms with Gasteiger partial charge in [0, 0.05) is 23.5 Å². The molecule has 0 aromatic heterocycles. The largest absolute Gasteiger partial charge is 0.411 e. The highest BCUT2D eigenvalue weighted by Crippen LogP contribution is 2.56. The number of rotatable bonds is 8. The number of halogens is 6. The molecule has 0 spiro atoms. The van der Waals surface area contributed by atoms with Crippen LogP contribution in [-0.4, -0.2) is 22.2 Å². The van der Waals surface area contributed by atoms with Crippen molar-refractivity contribution in [2.24, 2.45) is 0 Å². The SMILES string of the molecule is O=[N+]([O-])c1ccccc1Nc1ccc(C(c2ccc(Nc3ccccc3[N+](=O)[O-])cc2)(C(F)(F)F)C(F)(F)F)cc1. The number of alkyl halides is 6. The summed E-state index contributed by atoms with van der Waals surface area (Å²) in [6.07, 6.45) is -11.7. The van der Waals surface area contributed by atoms with E-state index in [1.807, 2.05) is 0 Å². The van der Waals surface area contributed by atoms with E-state index in [-0.39, 0.29) is 34.1 Å². The van der Waals surface area contributed by atoms with Crippen molar-refractivity contribution >= 4 is 34.1 Å². The zero-order chi connectivity index (χ0) is 30.0. The molecule has 0 heterocycles. The van der Waals surface area contributed by atoms with Crippen LogP contribution in [-0.2, 0) is 5.41 Å². The smallest absolute Gasteiger partial charge is 0.350 e. The number of nitrogens with zero attached hydrogens (tertiary/aromatic N) is 2. The Kier molecular flexibility index (Phi) is 7.59. The minimum Gasteiger partial charge on any atom is -0.350 e. The molecule has 0 aliphatic rings. The molecule has 0 aliphatic heterocycles. The summed E-state index contributed by atoms with van der Waals surface area (Å²) < 4.78 is 87.1. The third-order valence-corrected chi connectivity index (χ3v) is 6.25. The molecule has 0 saturated heterocycles. The lowest BCUT2D eigenvalue weighted by atomic mass is 9.73. The predicted octanol–water partition coefficient (Wildman–Crippen LogP) is 8.40. The molecule has 212 valence electrons. The molecular formula is C27H18F6N4O4. The third kappa shape index (κ3) is 5.48. The first-order valence-corrected chi connectivity index (χ1v) is 11.6. The number of hydrogen-bond acceptors (Lipinski definition) is 6. The van der Waals surface area contributed by atoms with Crippen molar-refractivity contribution in [2.75, 3.05) is 10.6 Å². The quantitative estimate of drug-likeness (QED) is 0.124. The first-order valence-electron chi connectivity index (χ1n) is 11.6. The maximum atomic E-state index is 14.5. The number of nitrogens with one attached hydrogen (secondary N) is 2. The second-order valence-electron chi connectivity index (χ2n) is 8.70. The van der Waals surface area contributed by atoms with Crippen molar-refractivity contribution in [3.63, 3.8) is 0 Å². The first-order chi connectivity index (χ1) is 19.3. The van der Waals surface area contributed by atoms with Gasteiger partial charge in [0.2, 0.25) is 5.41 Å². The third-order valence-electron chi connectivity index (χ3n) is 6.25. The molecular weight excluding hydrogens is 558 g/mol. The molecule has 0 fully saturated rings. The molecule has 0 saturated carbocycles. The van der Waals surface area contributed by atoms with Gasteiger partial charge in [0.1, 0.15) is 11.4 Å². The summed E-state index contributed by atoms with van der Waals surface area (Å²) in [6.45, 7) is 0. The van der Waals surface area contributed by atoms with Crippen LogP contribution >= 0.6 is 0 Å². The van der Waals surface area contributed by atoms with Crippen LogP contribution < -0.4 is 10.6 Å². The second-order valence-corrected chi connectivity index (χ2v) is 8.70. The minimum absolute atomic E-state index is 0.00935. The fraction of sp³-hybridized carbons (Fsp3) is 0.111. The number of para-hydroxylation sites is 4. The molecule has 0 amide bonds. The van der Waals surface area contributed by atoms with E-state index in [1.165, 1.54) is 48.5 Å². The van der Waals surface area contributed by atoms with E-state index in [9.17, 15) is 46.6 Å². The molecule has 8 nitrogen and oxygen atoms in total. The monoisotopic (exact) mass is 576 g/mol. The van der Waals surface area contributed by atoms with Gasteiger partial charge in [0.25, 0.3) is 11.4 Å². The fourth-order valence-electron chi connectivity index (χ4n) is 4.38. The zero-order valence-electron chi connectivity index (χ0n) is 20.5. The summed E-state index contributed by atoms with van der Waals surface area (Å²) in [5, 5.41) is 27.7. The molecule has 0 unspecified atom stereocenters. The van der Waals surface area contributed by atoms with Crippen molar-refractivity contribution < 1.29 is 36.2 Å². The van der Waals surface area contributed by atoms with Gasteiger partial charge >= 0.3 is 12.4 Å². The molecule has 0 bridgehead atoms. The lowest BCUT2D eigenvalue weighted by molar-refractivity contribution is -0.384. The average Bonchev–Trinajstić information content (AvgIpc) is 2.90. The standard InChI is InChI=1S/C27H18F6N4O4/c28-26(29,30)25(27(31,32)33,17-9-13-19(14-10-17)34-21-5-1-3-7-23(21)36(38)39)18-11-15-20(16-12-18)35-22-6-2-4-8-24(22)37(40)41/h1-16,34-35H. The van der Waals surface area contributed by atoms with Gasteiger partial charge < -0.3 is 10.6 Å². The van der Waals surface area contributed by atoms with Crippen LogP contribution in [0.5, 0.6) is 0 Å². The van der Waals surface area contributed by atoms with Crippen LogP contribution in [0, 0.1) is 20.2 Å². The Morgan fingerprint density at radius 1 is 0.512 bits per heavy atom. The Morgan fingerprint density at radius 3 is 1.12 bits per heavy atom. The van der Waals surface area contributed by atoms with Gasteiger partial charge in [-0.25, -0.2) is 0 Å². The highest BCUT2D eigenvalue weighted by atomic mass is 19.4. The van der Waals surface area contributed by atoms with E-state index >= 15 is 0 Å². The van der Waals surface area contributed by atoms with Crippen molar-refractivity contribution in [1.29, 1.82) is 0 Å². The van der Waals surface area contributed by atoms with Crippen LogP contribution in [0.1, 0.15) is 11.1 Å². The topological polar surface area (TPSA) is 110 Å². The maximum Gasteiger partial charge on any atom is 0.411 e. The molecule has 4 aromatic rings. The summed E-state index contributed by atoms with van der Waals surface area (Å²) in [5.74, 6) is 0. The van der Waals surface area contributed by atoms with Gasteiger partial charge in [0.15, 0.2) is 0 Å². The van der Waals surface area contributed by atoms with Gasteiger partial charge in [-0.3, -0.25) is 20.2 Å². The van der Waals surface area contributed by atoms with E-state index in [0.717, 1.165) is 24.3 Å². The van der Waals surface area contributed by atoms with E-state index in [0.29, 0.717) is 24.3 Å². The fourth-order valence-corrected chi connectivity index (χ4v) is 4.38. The van der Waals surface area contributed by atoms with E-state index in [4.69, 9.17) is 0 Å². The van der Waals surface area contributed by atoms with Crippen LogP contribution in [0.15, 0.2) is 97.1 Å². The number of anilines is 4. The summed E-state index contributed by atoms with van der Waals surface area (Å²) in [4.78, 5) is 21.1. The summed E-state index contributed by atoms with van der Waals surface area (Å²) in [5.41, 5.74) is -7.37. The lowest BCUT2D eigenvalue weighted by Crippen LogP contribution is -2.54. The van der Waals surface area contributed by atoms with Crippen LogP contribution in [0.4, 0.5) is 60.5 Å². The van der Waals surface area contributed by atoms with Crippen molar-refractivity contribution in [1.82, 2.24) is 0 Å². The molecule has 4 rings (SSSR count). The number of nitro groups is 2. The van der Waals surface area contributed by atoms with Crippen LogP contribution in [0.2, 0.25) is 0 Å². The highest BCUT2D eigenvalue weighted by Gasteiger charge is 2.72. The number of hydrogen-bond donors (Lipinski definition) is 2. The molecule has 2 N–H and O–H groups in total. The molecule has 0 radical (unpaired) electrons. The minimum atomic E-state index is -5.84. The number of benzene rings is 4. The van der Waals surface area contributed by atoms with Gasteiger partial charge in [-0.2, -0.15) is 26.3 Å². The Hall–Kier alpha value is -5.14. The van der Waals surface area contributed by atoms with E-state index in [2.05, 4.69) is 10.6 Å². The van der Waals surface area contributed by atoms with Gasteiger partial charge in [-0.1, -0.05) is 48.5 Å². The van der Waals surface area contributed by atoms with Crippen LogP contribution in [0.3, 0.4) is 0 Å². The van der Waals surface area contributed by atoms with Gasteiger partial charge in [-0.05, 0) is 47.5 Å². The zero-order valence-corrected chi connectivity index (χ0v) is 20.5. The Bertz CT molecular complexity index is 1450. The Labute approximate surface area is 227 Å². The summed E-state index contributed by atoms with van der Waals surface area (Å²) >= 11 is 0. The molecule has 0 aliphatic carbocycles. The Morgan fingerprint density at radius 2 is 0.829 bits per heavy atom. The molecule has 4 aromatic carbocycles. The maximum absolute atomic E-state index is 14.5. The van der Waals surface area contributed by atoms with Crippen molar-refractivity contribution in [3.05, 3.63) is 128 Å². The lowest BCUT2D eigenvalue weighted by Gasteiger charge is -2.38. The van der Waals surface area contributed by atoms with Gasteiger partial charge in [0.05, 0.1) is 9.85 Å². The Balaban J connectivity index is 1.74. The van der Waals surface area contributed by atoms with Gasteiger partial charge in [-0.15, -0.1) is 0 Å². The second kappa shape index (κ2) is 10.8. The molecule has 0 atom stereocenters. The molecule has 14 heteroatoms.